The molecule has 3 aromatic rings. The summed E-state index contributed by atoms with van der Waals surface area (Å²) in [6.45, 7) is 3.81. The molecule has 4 rings (SSSR count). The highest BCUT2D eigenvalue weighted by Crippen LogP contribution is 2.26. The Bertz CT molecular complexity index is 1090. The lowest BCUT2D eigenvalue weighted by molar-refractivity contribution is 0.383. The van der Waals surface area contributed by atoms with Crippen molar-refractivity contribution in [3.63, 3.8) is 0 Å². The van der Waals surface area contributed by atoms with Gasteiger partial charge in [-0.2, -0.15) is 9.40 Å². The molecule has 10 heteroatoms. The molecule has 0 atom stereocenters. The number of rotatable bonds is 4. The van der Waals surface area contributed by atoms with Crippen LogP contribution in [0, 0.1) is 6.92 Å². The van der Waals surface area contributed by atoms with Crippen LogP contribution in [0.25, 0.3) is 5.82 Å². The molecule has 1 fully saturated rings. The van der Waals surface area contributed by atoms with Crippen LogP contribution < -0.4 is 4.90 Å². The van der Waals surface area contributed by atoms with Gasteiger partial charge in [0.2, 0.25) is 10.0 Å². The molecule has 0 aliphatic carbocycles. The number of aromatic nitrogens is 4. The van der Waals surface area contributed by atoms with Gasteiger partial charge in [0, 0.05) is 42.9 Å². The molecule has 28 heavy (non-hydrogen) atoms. The van der Waals surface area contributed by atoms with Crippen LogP contribution >= 0.6 is 15.9 Å². The highest BCUT2D eigenvalue weighted by Gasteiger charge is 2.30. The third-order valence-electron chi connectivity index (χ3n) is 4.61. The number of nitrogens with zero attached hydrogens (tertiary/aromatic N) is 6. The van der Waals surface area contributed by atoms with Gasteiger partial charge in [-0.15, -0.1) is 0 Å². The molecule has 1 aromatic carbocycles. The van der Waals surface area contributed by atoms with Gasteiger partial charge < -0.3 is 4.90 Å². The van der Waals surface area contributed by atoms with E-state index in [0.29, 0.717) is 41.4 Å². The molecule has 1 saturated heterocycles. The van der Waals surface area contributed by atoms with Gasteiger partial charge in [0.05, 0.1) is 10.6 Å². The van der Waals surface area contributed by atoms with Gasteiger partial charge in [0.1, 0.15) is 12.1 Å². The van der Waals surface area contributed by atoms with E-state index in [-0.39, 0.29) is 0 Å². The van der Waals surface area contributed by atoms with Gasteiger partial charge >= 0.3 is 0 Å². The van der Waals surface area contributed by atoms with Gasteiger partial charge in [-0.3, -0.25) is 0 Å². The Balaban J connectivity index is 1.50. The molecule has 0 spiro atoms. The van der Waals surface area contributed by atoms with Gasteiger partial charge in [0.25, 0.3) is 0 Å². The highest BCUT2D eigenvalue weighted by molar-refractivity contribution is 9.10. The summed E-state index contributed by atoms with van der Waals surface area (Å²) >= 11 is 3.34. The van der Waals surface area contributed by atoms with Crippen LogP contribution in [0.1, 0.15) is 5.69 Å². The zero-order chi connectivity index (χ0) is 19.7. The number of hydrogen-bond donors (Lipinski definition) is 0. The molecule has 0 radical (unpaired) electrons. The van der Waals surface area contributed by atoms with Crippen LogP contribution in [-0.2, 0) is 10.0 Å². The molecule has 0 amide bonds. The molecule has 0 unspecified atom stereocenters. The third-order valence-corrected chi connectivity index (χ3v) is 7.52. The largest absolute Gasteiger partial charge is 0.354 e. The van der Waals surface area contributed by atoms with Crippen LogP contribution in [0.15, 0.2) is 58.3 Å². The Kier molecular flexibility index (Phi) is 5.17. The van der Waals surface area contributed by atoms with E-state index in [9.17, 15) is 8.42 Å². The third kappa shape index (κ3) is 3.67. The Morgan fingerprint density at radius 2 is 1.71 bits per heavy atom. The van der Waals surface area contributed by atoms with E-state index in [2.05, 4.69) is 35.9 Å². The zero-order valence-electron chi connectivity index (χ0n) is 15.2. The minimum Gasteiger partial charge on any atom is -0.354 e. The number of benzene rings is 1. The molecule has 1 aliphatic heterocycles. The van der Waals surface area contributed by atoms with Crippen molar-refractivity contribution in [1.82, 2.24) is 24.1 Å². The van der Waals surface area contributed by atoms with Crippen molar-refractivity contribution in [2.75, 3.05) is 31.1 Å². The van der Waals surface area contributed by atoms with Crippen molar-refractivity contribution in [2.45, 2.75) is 11.8 Å². The molecular formula is C18H19BrN6O2S. The number of hydrogen-bond acceptors (Lipinski definition) is 6. The van der Waals surface area contributed by atoms with E-state index >= 15 is 0 Å². The average Bonchev–Trinajstić information content (AvgIpc) is 3.15. The maximum Gasteiger partial charge on any atom is 0.244 e. The summed E-state index contributed by atoms with van der Waals surface area (Å²) in [4.78, 5) is 11.0. The maximum absolute atomic E-state index is 12.9. The first-order valence-corrected chi connectivity index (χ1v) is 11.0. The number of sulfonamides is 1. The smallest absolute Gasteiger partial charge is 0.244 e. The number of piperazine rings is 1. The normalized spacial score (nSPS) is 15.7. The molecular weight excluding hydrogens is 444 g/mol. The van der Waals surface area contributed by atoms with E-state index in [1.165, 1.54) is 10.6 Å². The summed E-state index contributed by atoms with van der Waals surface area (Å²) in [7, 11) is -3.53. The second kappa shape index (κ2) is 7.61. The van der Waals surface area contributed by atoms with Crippen molar-refractivity contribution in [3.05, 3.63) is 59.1 Å². The lowest BCUT2D eigenvalue weighted by Gasteiger charge is -2.34. The van der Waals surface area contributed by atoms with Crippen LogP contribution in [0.5, 0.6) is 0 Å². The summed E-state index contributed by atoms with van der Waals surface area (Å²) < 4.78 is 29.7. The SMILES string of the molecule is Cc1ccn(-c2cc(N3CCN(S(=O)(=O)c4ccccc4Br)CC3)ncn2)n1. The summed E-state index contributed by atoms with van der Waals surface area (Å²) in [5.74, 6) is 1.44. The molecule has 3 heterocycles. The van der Waals surface area contributed by atoms with Gasteiger partial charge in [-0.05, 0) is 41.1 Å². The summed E-state index contributed by atoms with van der Waals surface area (Å²) in [5.41, 5.74) is 0.908. The molecule has 0 N–H and O–H groups in total. The van der Waals surface area contributed by atoms with Crippen molar-refractivity contribution in [3.8, 4) is 5.82 Å². The van der Waals surface area contributed by atoms with E-state index in [1.807, 2.05) is 25.3 Å². The Morgan fingerprint density at radius 3 is 2.39 bits per heavy atom. The standard InChI is InChI=1S/C18H19BrN6O2S/c1-14-6-7-25(22-14)18-12-17(20-13-21-18)23-8-10-24(11-9-23)28(26,27)16-5-3-2-4-15(16)19/h2-7,12-13H,8-11H2,1H3. The molecule has 146 valence electrons. The Morgan fingerprint density at radius 1 is 1.00 bits per heavy atom. The van der Waals surface area contributed by atoms with E-state index in [1.54, 1.807) is 28.9 Å². The fraction of sp³-hybridized carbons (Fsp3) is 0.278. The molecule has 2 aromatic heterocycles. The molecule has 0 saturated carbocycles. The zero-order valence-corrected chi connectivity index (χ0v) is 17.6. The highest BCUT2D eigenvalue weighted by atomic mass is 79.9. The monoisotopic (exact) mass is 462 g/mol. The molecule has 0 bridgehead atoms. The second-order valence-electron chi connectivity index (χ2n) is 6.46. The van der Waals surface area contributed by atoms with Crippen molar-refractivity contribution in [2.24, 2.45) is 0 Å². The minimum absolute atomic E-state index is 0.293. The number of aryl methyl sites for hydroxylation is 1. The first-order chi connectivity index (χ1) is 13.4. The van der Waals surface area contributed by atoms with Crippen LogP contribution in [-0.4, -0.2) is 58.7 Å². The van der Waals surface area contributed by atoms with Crippen LogP contribution in [0.2, 0.25) is 0 Å². The van der Waals surface area contributed by atoms with Crippen LogP contribution in [0.4, 0.5) is 5.82 Å². The first kappa shape index (κ1) is 19.0. The van der Waals surface area contributed by atoms with Gasteiger partial charge in [0.15, 0.2) is 5.82 Å². The summed E-state index contributed by atoms with van der Waals surface area (Å²) in [6.07, 6.45) is 3.36. The van der Waals surface area contributed by atoms with E-state index in [4.69, 9.17) is 0 Å². The first-order valence-electron chi connectivity index (χ1n) is 8.79. The van der Waals surface area contributed by atoms with Crippen LogP contribution in [0.3, 0.4) is 0 Å². The van der Waals surface area contributed by atoms with Crippen molar-refractivity contribution in [1.29, 1.82) is 0 Å². The number of halogens is 1. The summed E-state index contributed by atoms with van der Waals surface area (Å²) in [6, 6.07) is 10.7. The maximum atomic E-state index is 12.9. The van der Waals surface area contributed by atoms with E-state index < -0.39 is 10.0 Å². The topological polar surface area (TPSA) is 84.2 Å². The predicted octanol–water partition coefficient (Wildman–Crippen LogP) is 2.24. The quantitative estimate of drug-likeness (QED) is 0.590. The lowest BCUT2D eigenvalue weighted by atomic mass is 10.3. The van der Waals surface area contributed by atoms with Crippen molar-refractivity contribution < 1.29 is 8.42 Å². The predicted molar refractivity (Wildman–Crippen MR) is 109 cm³/mol. The summed E-state index contributed by atoms with van der Waals surface area (Å²) in [5, 5.41) is 4.37. The molecule has 1 aliphatic rings. The van der Waals surface area contributed by atoms with Crippen molar-refractivity contribution >= 4 is 31.8 Å². The fourth-order valence-electron chi connectivity index (χ4n) is 3.13. The Labute approximate surface area is 172 Å². The Hall–Kier alpha value is -2.30. The minimum atomic E-state index is -3.53. The van der Waals surface area contributed by atoms with Gasteiger partial charge in [-0.1, -0.05) is 12.1 Å². The van der Waals surface area contributed by atoms with Gasteiger partial charge in [-0.25, -0.2) is 23.1 Å². The average molecular weight is 463 g/mol. The second-order valence-corrected chi connectivity index (χ2v) is 9.22. The molecule has 8 nitrogen and oxygen atoms in total. The fourth-order valence-corrected chi connectivity index (χ4v) is 5.51. The lowest BCUT2D eigenvalue weighted by Crippen LogP contribution is -2.49. The van der Waals surface area contributed by atoms with E-state index in [0.717, 1.165) is 11.5 Å². The number of anilines is 1.